The van der Waals surface area contributed by atoms with Crippen LogP contribution in [0.1, 0.15) is 24.5 Å². The van der Waals surface area contributed by atoms with Gasteiger partial charge in [0, 0.05) is 19.6 Å². The number of nitrogens with one attached hydrogen (secondary N) is 1. The van der Waals surface area contributed by atoms with Crippen LogP contribution in [-0.2, 0) is 17.8 Å². The van der Waals surface area contributed by atoms with E-state index >= 15 is 0 Å². The third-order valence-electron chi connectivity index (χ3n) is 3.77. The van der Waals surface area contributed by atoms with E-state index < -0.39 is 0 Å². The largest absolute Gasteiger partial charge is 0.341 e. The molecule has 2 atom stereocenters. The Labute approximate surface area is 114 Å². The molecule has 0 saturated heterocycles. The Morgan fingerprint density at radius 1 is 1.53 bits per heavy atom. The Morgan fingerprint density at radius 2 is 2.21 bits per heavy atom. The molecule has 1 unspecified atom stereocenters. The standard InChI is InChI=1S/C15H19N3O/c1-11(7-8-16)18(2)15(19)14-9-12-5-3-4-6-13(12)10-17-14/h3-6,11,14,17H,7,9-10H2,1-2H3/t11?,14-/m1/s1. The molecule has 0 saturated carbocycles. The summed E-state index contributed by atoms with van der Waals surface area (Å²) in [7, 11) is 1.77. The number of hydrogen-bond donors (Lipinski definition) is 1. The van der Waals surface area contributed by atoms with E-state index in [0.29, 0.717) is 6.42 Å². The summed E-state index contributed by atoms with van der Waals surface area (Å²) in [4.78, 5) is 14.1. The van der Waals surface area contributed by atoms with Crippen LogP contribution in [0.2, 0.25) is 0 Å². The predicted molar refractivity (Wildman–Crippen MR) is 73.2 cm³/mol. The Morgan fingerprint density at radius 3 is 2.89 bits per heavy atom. The molecule has 2 rings (SSSR count). The van der Waals surface area contributed by atoms with Crippen molar-refractivity contribution in [2.75, 3.05) is 7.05 Å². The van der Waals surface area contributed by atoms with Gasteiger partial charge >= 0.3 is 0 Å². The van der Waals surface area contributed by atoms with Gasteiger partial charge in [-0.05, 0) is 24.5 Å². The fourth-order valence-electron chi connectivity index (χ4n) is 2.36. The van der Waals surface area contributed by atoms with Gasteiger partial charge in [0.2, 0.25) is 5.91 Å². The van der Waals surface area contributed by atoms with E-state index in [2.05, 4.69) is 23.5 Å². The van der Waals surface area contributed by atoms with Crippen LogP contribution in [0.3, 0.4) is 0 Å². The van der Waals surface area contributed by atoms with Crippen LogP contribution in [0, 0.1) is 11.3 Å². The van der Waals surface area contributed by atoms with Crippen molar-refractivity contribution in [1.82, 2.24) is 10.2 Å². The molecule has 1 aromatic rings. The van der Waals surface area contributed by atoms with Crippen molar-refractivity contribution in [3.8, 4) is 6.07 Å². The molecule has 1 aromatic carbocycles. The minimum Gasteiger partial charge on any atom is -0.341 e. The van der Waals surface area contributed by atoms with E-state index in [4.69, 9.17) is 5.26 Å². The Balaban J connectivity index is 2.05. The molecule has 0 bridgehead atoms. The normalized spacial score (nSPS) is 19.1. The lowest BCUT2D eigenvalue weighted by molar-refractivity contribution is -0.134. The van der Waals surface area contributed by atoms with Crippen molar-refractivity contribution >= 4 is 5.91 Å². The molecule has 0 aliphatic carbocycles. The number of hydrogen-bond acceptors (Lipinski definition) is 3. The number of benzene rings is 1. The summed E-state index contributed by atoms with van der Waals surface area (Å²) in [5.41, 5.74) is 2.50. The lowest BCUT2D eigenvalue weighted by Crippen LogP contribution is -2.50. The number of carbonyl (C=O) groups is 1. The average molecular weight is 257 g/mol. The van der Waals surface area contributed by atoms with Crippen LogP contribution in [-0.4, -0.2) is 29.9 Å². The summed E-state index contributed by atoms with van der Waals surface area (Å²) in [6, 6.07) is 10.1. The number of fused-ring (bicyclic) bond motifs is 1. The van der Waals surface area contributed by atoms with Gasteiger partial charge in [-0.2, -0.15) is 5.26 Å². The summed E-state index contributed by atoms with van der Waals surface area (Å²) in [6.45, 7) is 2.63. The Bertz CT molecular complexity index is 506. The highest BCUT2D eigenvalue weighted by molar-refractivity contribution is 5.82. The van der Waals surface area contributed by atoms with E-state index in [1.54, 1.807) is 11.9 Å². The molecule has 1 heterocycles. The van der Waals surface area contributed by atoms with Crippen LogP contribution in [0.15, 0.2) is 24.3 Å². The molecule has 1 N–H and O–H groups in total. The van der Waals surface area contributed by atoms with E-state index in [0.717, 1.165) is 13.0 Å². The highest BCUT2D eigenvalue weighted by Gasteiger charge is 2.28. The third kappa shape index (κ3) is 2.94. The fourth-order valence-corrected chi connectivity index (χ4v) is 2.36. The van der Waals surface area contributed by atoms with Crippen molar-refractivity contribution in [3.05, 3.63) is 35.4 Å². The number of carbonyl (C=O) groups excluding carboxylic acids is 1. The van der Waals surface area contributed by atoms with Crippen LogP contribution < -0.4 is 5.32 Å². The van der Waals surface area contributed by atoms with Gasteiger partial charge in [-0.3, -0.25) is 4.79 Å². The molecule has 1 amide bonds. The first-order valence-corrected chi connectivity index (χ1v) is 6.57. The van der Waals surface area contributed by atoms with Crippen molar-refractivity contribution in [2.24, 2.45) is 0 Å². The minimum absolute atomic E-state index is 0.0449. The Kier molecular flexibility index (Phi) is 4.18. The van der Waals surface area contributed by atoms with Gasteiger partial charge in [0.15, 0.2) is 0 Å². The molecule has 4 heteroatoms. The molecule has 0 radical (unpaired) electrons. The topological polar surface area (TPSA) is 56.1 Å². The van der Waals surface area contributed by atoms with Crippen molar-refractivity contribution in [2.45, 2.75) is 38.4 Å². The molecule has 4 nitrogen and oxygen atoms in total. The van der Waals surface area contributed by atoms with Crippen LogP contribution in [0.4, 0.5) is 0 Å². The second-order valence-corrected chi connectivity index (χ2v) is 5.07. The van der Waals surface area contributed by atoms with Crippen LogP contribution in [0.5, 0.6) is 0 Å². The van der Waals surface area contributed by atoms with Crippen molar-refractivity contribution < 1.29 is 4.79 Å². The molecule has 1 aliphatic heterocycles. The molecule has 0 fully saturated rings. The predicted octanol–water partition coefficient (Wildman–Crippen LogP) is 1.46. The van der Waals surface area contributed by atoms with Gasteiger partial charge in [-0.1, -0.05) is 24.3 Å². The lowest BCUT2D eigenvalue weighted by Gasteiger charge is -2.31. The number of nitrogens with zero attached hydrogens (tertiary/aromatic N) is 2. The number of rotatable bonds is 3. The molecule has 0 aromatic heterocycles. The highest BCUT2D eigenvalue weighted by Crippen LogP contribution is 2.17. The zero-order valence-corrected chi connectivity index (χ0v) is 11.4. The molecular formula is C15H19N3O. The van der Waals surface area contributed by atoms with E-state index in [1.165, 1.54) is 11.1 Å². The first-order valence-electron chi connectivity index (χ1n) is 6.57. The average Bonchev–Trinajstić information content (AvgIpc) is 2.45. The molecule has 1 aliphatic rings. The Hall–Kier alpha value is -1.86. The maximum atomic E-state index is 12.4. The van der Waals surface area contributed by atoms with Gasteiger partial charge in [0.05, 0.1) is 18.5 Å². The van der Waals surface area contributed by atoms with E-state index in [-0.39, 0.29) is 18.0 Å². The smallest absolute Gasteiger partial charge is 0.240 e. The lowest BCUT2D eigenvalue weighted by atomic mass is 9.95. The zero-order valence-electron chi connectivity index (χ0n) is 11.4. The van der Waals surface area contributed by atoms with E-state index in [9.17, 15) is 4.79 Å². The maximum Gasteiger partial charge on any atom is 0.240 e. The number of likely N-dealkylation sites (N-methyl/N-ethyl adjacent to an activating group) is 1. The monoisotopic (exact) mass is 257 g/mol. The van der Waals surface area contributed by atoms with Gasteiger partial charge in [0.25, 0.3) is 0 Å². The van der Waals surface area contributed by atoms with Crippen LogP contribution in [0.25, 0.3) is 0 Å². The molecule has 19 heavy (non-hydrogen) atoms. The summed E-state index contributed by atoms with van der Waals surface area (Å²) < 4.78 is 0. The van der Waals surface area contributed by atoms with Crippen molar-refractivity contribution in [3.63, 3.8) is 0 Å². The second-order valence-electron chi connectivity index (χ2n) is 5.07. The summed E-state index contributed by atoms with van der Waals surface area (Å²) >= 11 is 0. The first-order chi connectivity index (χ1) is 9.13. The maximum absolute atomic E-state index is 12.4. The summed E-state index contributed by atoms with van der Waals surface area (Å²) in [5, 5.41) is 12.0. The second kappa shape index (κ2) is 5.85. The number of nitriles is 1. The summed E-state index contributed by atoms with van der Waals surface area (Å²) in [5.74, 6) is 0.0669. The van der Waals surface area contributed by atoms with Crippen molar-refractivity contribution in [1.29, 1.82) is 5.26 Å². The first kappa shape index (κ1) is 13.6. The molecular weight excluding hydrogens is 238 g/mol. The van der Waals surface area contributed by atoms with E-state index in [1.807, 2.05) is 19.1 Å². The van der Waals surface area contributed by atoms with Crippen LogP contribution >= 0.6 is 0 Å². The zero-order chi connectivity index (χ0) is 13.8. The van der Waals surface area contributed by atoms with Gasteiger partial charge in [-0.25, -0.2) is 0 Å². The summed E-state index contributed by atoms with van der Waals surface area (Å²) in [6.07, 6.45) is 1.09. The van der Waals surface area contributed by atoms with Gasteiger partial charge < -0.3 is 10.2 Å². The van der Waals surface area contributed by atoms with Gasteiger partial charge in [0.1, 0.15) is 0 Å². The fraction of sp³-hybridized carbons (Fsp3) is 0.467. The molecule has 100 valence electrons. The quantitative estimate of drug-likeness (QED) is 0.892. The number of amides is 1. The molecule has 0 spiro atoms. The highest BCUT2D eigenvalue weighted by atomic mass is 16.2. The third-order valence-corrected chi connectivity index (χ3v) is 3.77. The van der Waals surface area contributed by atoms with Gasteiger partial charge in [-0.15, -0.1) is 0 Å². The SMILES string of the molecule is CC(CC#N)N(C)C(=O)[C@H]1Cc2ccccc2CN1. The minimum atomic E-state index is -0.180.